The highest BCUT2D eigenvalue weighted by atomic mass is 16.5. The van der Waals surface area contributed by atoms with Crippen LogP contribution < -0.4 is 4.74 Å². The second-order valence-electron chi connectivity index (χ2n) is 7.00. The third-order valence-corrected chi connectivity index (χ3v) is 5.17. The average Bonchev–Trinajstić information content (AvgIpc) is 2.68. The molecule has 3 aromatic rings. The van der Waals surface area contributed by atoms with Crippen LogP contribution in [0.2, 0.25) is 0 Å². The Balaban J connectivity index is 2.14. The standard InChI is InChI=1S/C24H26O/c1-18(2)19-10-12-21(13-11-19)24(3,20-8-6-5-7-9-20)22-14-16-23(25-4)17-15-22/h5-18H,1-4H3. The van der Waals surface area contributed by atoms with Gasteiger partial charge < -0.3 is 4.74 Å². The van der Waals surface area contributed by atoms with Crippen molar-refractivity contribution in [3.8, 4) is 5.75 Å². The molecule has 0 fully saturated rings. The molecule has 0 heterocycles. The lowest BCUT2D eigenvalue weighted by Gasteiger charge is -2.32. The van der Waals surface area contributed by atoms with Crippen molar-refractivity contribution in [1.82, 2.24) is 0 Å². The van der Waals surface area contributed by atoms with E-state index in [1.54, 1.807) is 7.11 Å². The second kappa shape index (κ2) is 7.14. The number of rotatable bonds is 5. The highest BCUT2D eigenvalue weighted by Gasteiger charge is 2.31. The van der Waals surface area contributed by atoms with E-state index in [0.717, 1.165) is 5.75 Å². The fourth-order valence-electron chi connectivity index (χ4n) is 3.40. The molecule has 0 aliphatic carbocycles. The van der Waals surface area contributed by atoms with E-state index in [4.69, 9.17) is 4.74 Å². The first kappa shape index (κ1) is 17.3. The lowest BCUT2D eigenvalue weighted by Crippen LogP contribution is -2.25. The van der Waals surface area contributed by atoms with Gasteiger partial charge in [-0.15, -0.1) is 0 Å². The van der Waals surface area contributed by atoms with Crippen molar-refractivity contribution in [3.05, 3.63) is 101 Å². The Morgan fingerprint density at radius 2 is 1.16 bits per heavy atom. The van der Waals surface area contributed by atoms with Crippen molar-refractivity contribution in [1.29, 1.82) is 0 Å². The van der Waals surface area contributed by atoms with Crippen LogP contribution in [-0.4, -0.2) is 7.11 Å². The van der Waals surface area contributed by atoms with Crippen molar-refractivity contribution >= 4 is 0 Å². The summed E-state index contributed by atoms with van der Waals surface area (Å²) in [5, 5.41) is 0. The molecule has 25 heavy (non-hydrogen) atoms. The van der Waals surface area contributed by atoms with E-state index in [-0.39, 0.29) is 5.41 Å². The van der Waals surface area contributed by atoms with Gasteiger partial charge in [0.1, 0.15) is 5.75 Å². The van der Waals surface area contributed by atoms with Gasteiger partial charge in [0.25, 0.3) is 0 Å². The molecule has 1 nitrogen and oxygen atoms in total. The van der Waals surface area contributed by atoms with E-state index in [1.807, 2.05) is 12.1 Å². The molecule has 0 spiro atoms. The molecular formula is C24H26O. The molecule has 1 atom stereocenters. The summed E-state index contributed by atoms with van der Waals surface area (Å²) in [5.41, 5.74) is 5.01. The van der Waals surface area contributed by atoms with E-state index in [1.165, 1.54) is 22.3 Å². The first-order valence-corrected chi connectivity index (χ1v) is 8.86. The summed E-state index contributed by atoms with van der Waals surface area (Å²) >= 11 is 0. The fraction of sp³-hybridized carbons (Fsp3) is 0.250. The lowest BCUT2D eigenvalue weighted by atomic mass is 9.71. The lowest BCUT2D eigenvalue weighted by molar-refractivity contribution is 0.414. The van der Waals surface area contributed by atoms with Gasteiger partial charge in [0.15, 0.2) is 0 Å². The molecule has 0 saturated carbocycles. The Morgan fingerprint density at radius 1 is 0.680 bits per heavy atom. The van der Waals surface area contributed by atoms with E-state index >= 15 is 0 Å². The van der Waals surface area contributed by atoms with E-state index < -0.39 is 0 Å². The van der Waals surface area contributed by atoms with Crippen molar-refractivity contribution in [2.75, 3.05) is 7.11 Å². The molecule has 0 N–H and O–H groups in total. The van der Waals surface area contributed by atoms with Crippen LogP contribution in [0.25, 0.3) is 0 Å². The Labute approximate surface area is 151 Å². The number of methoxy groups -OCH3 is 1. The maximum absolute atomic E-state index is 5.34. The van der Waals surface area contributed by atoms with Gasteiger partial charge in [0, 0.05) is 5.41 Å². The first-order chi connectivity index (χ1) is 12.1. The highest BCUT2D eigenvalue weighted by Crippen LogP contribution is 2.39. The van der Waals surface area contributed by atoms with Crippen LogP contribution in [0, 0.1) is 0 Å². The Bertz CT molecular complexity index is 801. The van der Waals surface area contributed by atoms with Crippen LogP contribution in [0.1, 0.15) is 48.9 Å². The number of hydrogen-bond acceptors (Lipinski definition) is 1. The average molecular weight is 330 g/mol. The largest absolute Gasteiger partial charge is 0.497 e. The Morgan fingerprint density at radius 3 is 1.64 bits per heavy atom. The molecule has 3 aromatic carbocycles. The first-order valence-electron chi connectivity index (χ1n) is 8.86. The summed E-state index contributed by atoms with van der Waals surface area (Å²) in [5.74, 6) is 1.42. The molecule has 1 heteroatoms. The van der Waals surface area contributed by atoms with Crippen molar-refractivity contribution in [2.45, 2.75) is 32.1 Å². The minimum Gasteiger partial charge on any atom is -0.497 e. The molecular weight excluding hydrogens is 304 g/mol. The molecule has 0 saturated heterocycles. The van der Waals surface area contributed by atoms with Gasteiger partial charge in [-0.1, -0.05) is 80.6 Å². The molecule has 0 bridgehead atoms. The summed E-state index contributed by atoms with van der Waals surface area (Å²) in [6, 6.07) is 28.2. The number of benzene rings is 3. The van der Waals surface area contributed by atoms with Gasteiger partial charge in [0.05, 0.1) is 7.11 Å². The summed E-state index contributed by atoms with van der Waals surface area (Å²) in [4.78, 5) is 0. The van der Waals surface area contributed by atoms with Crippen LogP contribution >= 0.6 is 0 Å². The summed E-state index contributed by atoms with van der Waals surface area (Å²) < 4.78 is 5.34. The predicted octanol–water partition coefficient (Wildman–Crippen LogP) is 6.17. The van der Waals surface area contributed by atoms with Gasteiger partial charge in [-0.3, -0.25) is 0 Å². The van der Waals surface area contributed by atoms with Gasteiger partial charge in [-0.25, -0.2) is 0 Å². The minimum absolute atomic E-state index is 0.205. The van der Waals surface area contributed by atoms with Gasteiger partial charge in [-0.05, 0) is 47.2 Å². The molecule has 0 amide bonds. The molecule has 128 valence electrons. The summed E-state index contributed by atoms with van der Waals surface area (Å²) in [7, 11) is 1.70. The molecule has 1 unspecified atom stereocenters. The van der Waals surface area contributed by atoms with Gasteiger partial charge >= 0.3 is 0 Å². The number of ether oxygens (including phenoxy) is 1. The molecule has 0 aromatic heterocycles. The predicted molar refractivity (Wildman–Crippen MR) is 106 cm³/mol. The van der Waals surface area contributed by atoms with E-state index in [9.17, 15) is 0 Å². The maximum atomic E-state index is 5.34. The highest BCUT2D eigenvalue weighted by molar-refractivity contribution is 5.50. The third kappa shape index (κ3) is 3.32. The zero-order chi connectivity index (χ0) is 17.9. The minimum atomic E-state index is -0.205. The van der Waals surface area contributed by atoms with Crippen LogP contribution in [0.4, 0.5) is 0 Å². The van der Waals surface area contributed by atoms with Crippen LogP contribution in [0.5, 0.6) is 5.75 Å². The van der Waals surface area contributed by atoms with Gasteiger partial charge in [0.2, 0.25) is 0 Å². The quantitative estimate of drug-likeness (QED) is 0.508. The number of hydrogen-bond donors (Lipinski definition) is 0. The maximum Gasteiger partial charge on any atom is 0.118 e. The van der Waals surface area contributed by atoms with Gasteiger partial charge in [-0.2, -0.15) is 0 Å². The van der Waals surface area contributed by atoms with Crippen molar-refractivity contribution < 1.29 is 4.74 Å². The molecule has 0 radical (unpaired) electrons. The molecule has 3 rings (SSSR count). The molecule has 0 aliphatic rings. The topological polar surface area (TPSA) is 9.23 Å². The fourth-order valence-corrected chi connectivity index (χ4v) is 3.40. The second-order valence-corrected chi connectivity index (χ2v) is 7.00. The van der Waals surface area contributed by atoms with E-state index in [0.29, 0.717) is 5.92 Å². The summed E-state index contributed by atoms with van der Waals surface area (Å²) in [6.07, 6.45) is 0. The van der Waals surface area contributed by atoms with Crippen LogP contribution in [-0.2, 0) is 5.41 Å². The zero-order valence-corrected chi connectivity index (χ0v) is 15.5. The summed E-state index contributed by atoms with van der Waals surface area (Å²) in [6.45, 7) is 6.76. The van der Waals surface area contributed by atoms with Crippen LogP contribution in [0.15, 0.2) is 78.9 Å². The van der Waals surface area contributed by atoms with Crippen molar-refractivity contribution in [3.63, 3.8) is 0 Å². The normalized spacial score (nSPS) is 13.5. The third-order valence-electron chi connectivity index (χ3n) is 5.17. The van der Waals surface area contributed by atoms with Crippen molar-refractivity contribution in [2.24, 2.45) is 0 Å². The smallest absolute Gasteiger partial charge is 0.118 e. The SMILES string of the molecule is COc1ccc(C(C)(c2ccccc2)c2ccc(C(C)C)cc2)cc1. The zero-order valence-electron chi connectivity index (χ0n) is 15.5. The van der Waals surface area contributed by atoms with E-state index in [2.05, 4.69) is 87.5 Å². The Kier molecular flexibility index (Phi) is 4.94. The van der Waals surface area contributed by atoms with Crippen LogP contribution in [0.3, 0.4) is 0 Å². The molecule has 0 aliphatic heterocycles. The monoisotopic (exact) mass is 330 g/mol. The Hall–Kier alpha value is -2.54.